The van der Waals surface area contributed by atoms with Crippen molar-refractivity contribution in [2.24, 2.45) is 0 Å². The summed E-state index contributed by atoms with van der Waals surface area (Å²) in [5.74, 6) is -0.0102. The smallest absolute Gasteiger partial charge is 0.246 e. The van der Waals surface area contributed by atoms with Crippen LogP contribution in [-0.2, 0) is 14.8 Å². The van der Waals surface area contributed by atoms with Crippen molar-refractivity contribution in [1.29, 1.82) is 0 Å². The highest BCUT2D eigenvalue weighted by Gasteiger charge is 2.26. The van der Waals surface area contributed by atoms with Gasteiger partial charge in [-0.15, -0.1) is 0 Å². The number of rotatable bonds is 4. The maximum atomic E-state index is 12.3. The average Bonchev–Trinajstić information content (AvgIpc) is 2.47. The maximum absolute atomic E-state index is 12.3. The van der Waals surface area contributed by atoms with Crippen LogP contribution in [0, 0.1) is 0 Å². The van der Waals surface area contributed by atoms with Crippen molar-refractivity contribution in [2.75, 3.05) is 13.1 Å². The summed E-state index contributed by atoms with van der Waals surface area (Å²) in [6, 6.07) is 5.91. The molecule has 0 aromatic heterocycles. The van der Waals surface area contributed by atoms with Gasteiger partial charge in [-0.1, -0.05) is 17.2 Å². The van der Waals surface area contributed by atoms with Gasteiger partial charge in [-0.3, -0.25) is 4.79 Å². The van der Waals surface area contributed by atoms with Crippen LogP contribution in [0.4, 0.5) is 0 Å². The maximum Gasteiger partial charge on any atom is 0.246 e. The number of piperidine rings is 1. The van der Waals surface area contributed by atoms with Crippen LogP contribution in [0.2, 0.25) is 5.02 Å². The summed E-state index contributed by atoms with van der Waals surface area (Å²) in [7, 11) is -3.56. The predicted molar refractivity (Wildman–Crippen MR) is 90.8 cm³/mol. The van der Waals surface area contributed by atoms with Gasteiger partial charge in [0.05, 0.1) is 4.90 Å². The van der Waals surface area contributed by atoms with E-state index in [2.05, 4.69) is 4.72 Å². The number of likely N-dealkylation sites (tertiary alicyclic amines) is 1. The van der Waals surface area contributed by atoms with Crippen molar-refractivity contribution in [3.8, 4) is 0 Å². The van der Waals surface area contributed by atoms with E-state index >= 15 is 0 Å². The number of halogens is 1. The first kappa shape index (κ1) is 18.0. The van der Waals surface area contributed by atoms with Crippen LogP contribution in [0.5, 0.6) is 0 Å². The quantitative estimate of drug-likeness (QED) is 0.843. The Kier molecular flexibility index (Phi) is 5.84. The average molecular weight is 357 g/mol. The van der Waals surface area contributed by atoms with E-state index in [4.69, 9.17) is 11.6 Å². The van der Waals surface area contributed by atoms with Crippen LogP contribution in [0.1, 0.15) is 26.7 Å². The largest absolute Gasteiger partial charge is 0.339 e. The fourth-order valence-corrected chi connectivity index (χ4v) is 3.89. The number of sulfonamides is 1. The Morgan fingerprint density at radius 1 is 1.22 bits per heavy atom. The van der Waals surface area contributed by atoms with Crippen LogP contribution in [-0.4, -0.2) is 38.4 Å². The van der Waals surface area contributed by atoms with Gasteiger partial charge >= 0.3 is 0 Å². The van der Waals surface area contributed by atoms with E-state index < -0.39 is 10.0 Å². The third-order valence-corrected chi connectivity index (χ3v) is 5.45. The van der Waals surface area contributed by atoms with Gasteiger partial charge in [-0.25, -0.2) is 13.1 Å². The van der Waals surface area contributed by atoms with Crippen molar-refractivity contribution in [3.63, 3.8) is 0 Å². The van der Waals surface area contributed by atoms with Gasteiger partial charge in [-0.05, 0) is 51.0 Å². The molecule has 1 amide bonds. The second kappa shape index (κ2) is 7.47. The van der Waals surface area contributed by atoms with E-state index in [0.717, 1.165) is 5.57 Å². The molecule has 1 heterocycles. The summed E-state index contributed by atoms with van der Waals surface area (Å²) in [5, 5.41) is 0.495. The zero-order chi connectivity index (χ0) is 17.0. The lowest BCUT2D eigenvalue weighted by molar-refractivity contribution is -0.127. The van der Waals surface area contributed by atoms with Crippen molar-refractivity contribution < 1.29 is 13.2 Å². The molecule has 7 heteroatoms. The van der Waals surface area contributed by atoms with Crippen LogP contribution in [0.25, 0.3) is 0 Å². The Balaban J connectivity index is 1.94. The van der Waals surface area contributed by atoms with E-state index in [9.17, 15) is 13.2 Å². The number of nitrogens with zero attached hydrogens (tertiary/aromatic N) is 1. The van der Waals surface area contributed by atoms with Crippen LogP contribution >= 0.6 is 11.6 Å². The SMILES string of the molecule is CC(C)=CC(=O)N1CCC(NS(=O)(=O)c2ccc(Cl)cc2)CC1. The summed E-state index contributed by atoms with van der Waals surface area (Å²) in [4.78, 5) is 13.9. The number of hydrogen-bond acceptors (Lipinski definition) is 3. The highest BCUT2D eigenvalue weighted by molar-refractivity contribution is 7.89. The van der Waals surface area contributed by atoms with Gasteiger partial charge in [-0.2, -0.15) is 0 Å². The van der Waals surface area contributed by atoms with Crippen molar-refractivity contribution >= 4 is 27.5 Å². The zero-order valence-corrected chi connectivity index (χ0v) is 14.8. The molecule has 1 aliphatic rings. The lowest BCUT2D eigenvalue weighted by Gasteiger charge is -2.31. The third kappa shape index (κ3) is 5.06. The summed E-state index contributed by atoms with van der Waals surface area (Å²) in [6.07, 6.45) is 2.82. The molecule has 5 nitrogen and oxygen atoms in total. The number of amides is 1. The van der Waals surface area contributed by atoms with Crippen LogP contribution in [0.3, 0.4) is 0 Å². The molecule has 1 aromatic rings. The molecular weight excluding hydrogens is 336 g/mol. The Hall–Kier alpha value is -1.37. The molecule has 1 aromatic carbocycles. The second-order valence-corrected chi connectivity index (χ2v) is 8.05. The fourth-order valence-electron chi connectivity index (χ4n) is 2.46. The number of carbonyl (C=O) groups is 1. The van der Waals surface area contributed by atoms with Crippen molar-refractivity contribution in [2.45, 2.75) is 37.6 Å². The lowest BCUT2D eigenvalue weighted by atomic mass is 10.1. The number of hydrogen-bond donors (Lipinski definition) is 1. The van der Waals surface area contributed by atoms with E-state index in [-0.39, 0.29) is 16.8 Å². The molecule has 1 aliphatic heterocycles. The highest BCUT2D eigenvalue weighted by Crippen LogP contribution is 2.17. The first-order chi connectivity index (χ1) is 10.8. The molecule has 0 radical (unpaired) electrons. The minimum Gasteiger partial charge on any atom is -0.339 e. The topological polar surface area (TPSA) is 66.5 Å². The first-order valence-corrected chi connectivity index (χ1v) is 9.36. The van der Waals surface area contributed by atoms with E-state index in [1.807, 2.05) is 13.8 Å². The minimum absolute atomic E-state index is 0.0102. The Bertz CT molecular complexity index is 687. The monoisotopic (exact) mass is 356 g/mol. The van der Waals surface area contributed by atoms with Gasteiger partial charge in [0.15, 0.2) is 0 Å². The molecule has 0 saturated carbocycles. The van der Waals surface area contributed by atoms with Gasteiger partial charge in [0.25, 0.3) is 0 Å². The molecule has 0 atom stereocenters. The van der Waals surface area contributed by atoms with Crippen molar-refractivity contribution in [1.82, 2.24) is 9.62 Å². The standard InChI is InChI=1S/C16H21ClN2O3S/c1-12(2)11-16(20)19-9-7-14(8-10-19)18-23(21,22)15-5-3-13(17)4-6-15/h3-6,11,14,18H,7-10H2,1-2H3. The van der Waals surface area contributed by atoms with E-state index in [1.54, 1.807) is 23.1 Å². The number of carbonyl (C=O) groups excluding carboxylic acids is 1. The van der Waals surface area contributed by atoms with Gasteiger partial charge in [0.2, 0.25) is 15.9 Å². The number of allylic oxidation sites excluding steroid dienone is 1. The predicted octanol–water partition coefficient (Wildman–Crippen LogP) is 2.58. The van der Waals surface area contributed by atoms with Gasteiger partial charge < -0.3 is 4.90 Å². The molecule has 2 rings (SSSR count). The fraction of sp³-hybridized carbons (Fsp3) is 0.438. The molecule has 0 bridgehead atoms. The molecule has 0 aliphatic carbocycles. The zero-order valence-electron chi connectivity index (χ0n) is 13.3. The van der Waals surface area contributed by atoms with Gasteiger partial charge in [0.1, 0.15) is 0 Å². The molecule has 1 fully saturated rings. The van der Waals surface area contributed by atoms with Crippen molar-refractivity contribution in [3.05, 3.63) is 40.9 Å². The second-order valence-electron chi connectivity index (χ2n) is 5.90. The summed E-state index contributed by atoms with van der Waals surface area (Å²) >= 11 is 5.78. The number of benzene rings is 1. The molecule has 0 unspecified atom stereocenters. The summed E-state index contributed by atoms with van der Waals surface area (Å²) in [6.45, 7) is 4.86. The summed E-state index contributed by atoms with van der Waals surface area (Å²) in [5.41, 5.74) is 0.959. The molecule has 0 spiro atoms. The molecular formula is C16H21ClN2O3S. The van der Waals surface area contributed by atoms with E-state index in [1.165, 1.54) is 12.1 Å². The third-order valence-electron chi connectivity index (χ3n) is 3.66. The molecule has 1 N–H and O–H groups in total. The Labute approximate surface area is 142 Å². The molecule has 126 valence electrons. The summed E-state index contributed by atoms with van der Waals surface area (Å²) < 4.78 is 27.4. The highest BCUT2D eigenvalue weighted by atomic mass is 35.5. The van der Waals surface area contributed by atoms with Crippen LogP contribution in [0.15, 0.2) is 40.8 Å². The number of nitrogens with one attached hydrogen (secondary N) is 1. The normalized spacial score (nSPS) is 16.2. The Morgan fingerprint density at radius 3 is 2.30 bits per heavy atom. The first-order valence-electron chi connectivity index (χ1n) is 7.49. The molecule has 23 heavy (non-hydrogen) atoms. The Morgan fingerprint density at radius 2 is 1.78 bits per heavy atom. The van der Waals surface area contributed by atoms with Crippen LogP contribution < -0.4 is 4.72 Å². The lowest BCUT2D eigenvalue weighted by Crippen LogP contribution is -2.46. The molecule has 1 saturated heterocycles. The minimum atomic E-state index is -3.56. The van der Waals surface area contributed by atoms with Gasteiger partial charge in [0, 0.05) is 30.2 Å². The van der Waals surface area contributed by atoms with E-state index in [0.29, 0.717) is 31.0 Å².